The van der Waals surface area contributed by atoms with E-state index in [0.717, 1.165) is 26.1 Å². The molecule has 0 bridgehead atoms. The van der Waals surface area contributed by atoms with Gasteiger partial charge in [-0.15, -0.1) is 0 Å². The smallest absolute Gasteiger partial charge is 0.253 e. The molecule has 2 aromatic rings. The van der Waals surface area contributed by atoms with Crippen molar-refractivity contribution in [1.29, 1.82) is 0 Å². The summed E-state index contributed by atoms with van der Waals surface area (Å²) >= 11 is 0. The van der Waals surface area contributed by atoms with Gasteiger partial charge in [0.2, 0.25) is 10.0 Å². The molecule has 6 nitrogen and oxygen atoms in total. The third kappa shape index (κ3) is 5.35. The number of nitrogens with zero attached hydrogens (tertiary/aromatic N) is 3. The van der Waals surface area contributed by atoms with Crippen molar-refractivity contribution in [2.45, 2.75) is 12.8 Å². The Morgan fingerprint density at radius 1 is 0.871 bits per heavy atom. The van der Waals surface area contributed by atoms with Crippen molar-refractivity contribution in [2.75, 3.05) is 49.3 Å². The van der Waals surface area contributed by atoms with Crippen LogP contribution < -0.4 is 4.31 Å². The van der Waals surface area contributed by atoms with Crippen molar-refractivity contribution in [3.8, 4) is 0 Å². The van der Waals surface area contributed by atoms with Crippen LogP contribution in [0.2, 0.25) is 0 Å². The summed E-state index contributed by atoms with van der Waals surface area (Å²) < 4.78 is 26.0. The SMILES string of the molecule is O=C(c1ccc(N2CCCCS2(=O)=O)cc1)N1CCN(C/C=C/c2ccccc2)CC1. The quantitative estimate of drug-likeness (QED) is 0.718. The molecule has 2 aliphatic heterocycles. The first kappa shape index (κ1) is 21.6. The average molecular weight is 440 g/mol. The lowest BCUT2D eigenvalue weighted by Gasteiger charge is -2.34. The van der Waals surface area contributed by atoms with Gasteiger partial charge in [-0.25, -0.2) is 8.42 Å². The van der Waals surface area contributed by atoms with Crippen molar-refractivity contribution in [3.63, 3.8) is 0 Å². The second kappa shape index (κ2) is 9.66. The molecule has 164 valence electrons. The highest BCUT2D eigenvalue weighted by atomic mass is 32.2. The zero-order valence-electron chi connectivity index (χ0n) is 17.7. The fourth-order valence-electron chi connectivity index (χ4n) is 4.07. The molecule has 0 spiro atoms. The minimum absolute atomic E-state index is 0.00697. The topological polar surface area (TPSA) is 60.9 Å². The Kier molecular flexibility index (Phi) is 6.73. The summed E-state index contributed by atoms with van der Waals surface area (Å²) in [6.07, 6.45) is 5.87. The first-order valence-corrected chi connectivity index (χ1v) is 12.5. The van der Waals surface area contributed by atoms with Gasteiger partial charge < -0.3 is 4.90 Å². The number of hydrogen-bond acceptors (Lipinski definition) is 4. The zero-order valence-corrected chi connectivity index (χ0v) is 18.5. The van der Waals surface area contributed by atoms with Crippen LogP contribution in [0, 0.1) is 0 Å². The van der Waals surface area contributed by atoms with Gasteiger partial charge in [-0.3, -0.25) is 14.0 Å². The fraction of sp³-hybridized carbons (Fsp3) is 0.375. The van der Waals surface area contributed by atoms with Crippen LogP contribution in [0.3, 0.4) is 0 Å². The molecule has 2 saturated heterocycles. The Bertz CT molecular complexity index is 1010. The average Bonchev–Trinajstić information content (AvgIpc) is 2.80. The number of carbonyl (C=O) groups is 1. The summed E-state index contributed by atoms with van der Waals surface area (Å²) in [7, 11) is -3.23. The highest BCUT2D eigenvalue weighted by Gasteiger charge is 2.26. The number of hydrogen-bond donors (Lipinski definition) is 0. The summed E-state index contributed by atoms with van der Waals surface area (Å²) in [5.74, 6) is 0.200. The molecule has 0 saturated carbocycles. The standard InChI is InChI=1S/C24H29N3O3S/c28-24(22-10-12-23(13-11-22)27-15-4-5-20-31(27,29)30)26-18-16-25(17-19-26)14-6-9-21-7-2-1-3-8-21/h1-3,6-13H,4-5,14-20H2/b9-6+. The van der Waals surface area contributed by atoms with Crippen molar-refractivity contribution in [2.24, 2.45) is 0 Å². The lowest BCUT2D eigenvalue weighted by Crippen LogP contribution is -2.48. The van der Waals surface area contributed by atoms with Crippen LogP contribution in [0.1, 0.15) is 28.8 Å². The molecule has 1 amide bonds. The molecule has 0 aliphatic carbocycles. The Balaban J connectivity index is 1.30. The van der Waals surface area contributed by atoms with Crippen LogP contribution in [0.25, 0.3) is 6.08 Å². The van der Waals surface area contributed by atoms with E-state index in [2.05, 4.69) is 29.2 Å². The molecule has 2 fully saturated rings. The van der Waals surface area contributed by atoms with E-state index in [-0.39, 0.29) is 11.7 Å². The van der Waals surface area contributed by atoms with E-state index in [4.69, 9.17) is 0 Å². The van der Waals surface area contributed by atoms with Gasteiger partial charge in [0.15, 0.2) is 0 Å². The van der Waals surface area contributed by atoms with Crippen LogP contribution in [0.4, 0.5) is 5.69 Å². The molecular formula is C24H29N3O3S. The Labute approximate surface area is 184 Å². The maximum atomic E-state index is 12.9. The highest BCUT2D eigenvalue weighted by molar-refractivity contribution is 7.92. The molecule has 31 heavy (non-hydrogen) atoms. The van der Waals surface area contributed by atoms with Crippen molar-refractivity contribution in [1.82, 2.24) is 9.80 Å². The van der Waals surface area contributed by atoms with Crippen LogP contribution in [-0.2, 0) is 10.0 Å². The predicted molar refractivity (Wildman–Crippen MR) is 125 cm³/mol. The van der Waals surface area contributed by atoms with E-state index in [1.54, 1.807) is 24.3 Å². The number of carbonyl (C=O) groups excluding carboxylic acids is 1. The van der Waals surface area contributed by atoms with E-state index in [1.807, 2.05) is 23.1 Å². The third-order valence-corrected chi connectivity index (χ3v) is 7.75. The molecule has 2 heterocycles. The van der Waals surface area contributed by atoms with Crippen LogP contribution in [-0.4, -0.2) is 69.1 Å². The van der Waals surface area contributed by atoms with Crippen LogP contribution >= 0.6 is 0 Å². The minimum atomic E-state index is -3.23. The minimum Gasteiger partial charge on any atom is -0.336 e. The largest absolute Gasteiger partial charge is 0.336 e. The van der Waals surface area contributed by atoms with Gasteiger partial charge in [0, 0.05) is 44.8 Å². The van der Waals surface area contributed by atoms with E-state index < -0.39 is 10.0 Å². The highest BCUT2D eigenvalue weighted by Crippen LogP contribution is 2.24. The van der Waals surface area contributed by atoms with Gasteiger partial charge in [-0.2, -0.15) is 0 Å². The zero-order chi connectivity index (χ0) is 21.7. The summed E-state index contributed by atoms with van der Waals surface area (Å²) in [6, 6.07) is 17.2. The molecule has 2 aromatic carbocycles. The van der Waals surface area contributed by atoms with E-state index in [1.165, 1.54) is 9.87 Å². The Hall–Kier alpha value is -2.64. The number of piperazine rings is 1. The number of sulfonamides is 1. The van der Waals surface area contributed by atoms with Crippen molar-refractivity contribution in [3.05, 3.63) is 71.8 Å². The van der Waals surface area contributed by atoms with Gasteiger partial charge in [0.25, 0.3) is 5.91 Å². The van der Waals surface area contributed by atoms with Gasteiger partial charge in [0.1, 0.15) is 0 Å². The summed E-state index contributed by atoms with van der Waals surface area (Å²) in [5, 5.41) is 0. The Morgan fingerprint density at radius 3 is 2.26 bits per heavy atom. The molecule has 0 atom stereocenters. The lowest BCUT2D eigenvalue weighted by molar-refractivity contribution is 0.0650. The summed E-state index contributed by atoms with van der Waals surface area (Å²) in [4.78, 5) is 17.1. The molecular weight excluding hydrogens is 410 g/mol. The molecule has 0 radical (unpaired) electrons. The number of benzene rings is 2. The predicted octanol–water partition coefficient (Wildman–Crippen LogP) is 3.09. The Morgan fingerprint density at radius 2 is 1.58 bits per heavy atom. The third-order valence-electron chi connectivity index (χ3n) is 5.88. The van der Waals surface area contributed by atoms with Gasteiger partial charge in [-0.05, 0) is 42.7 Å². The summed E-state index contributed by atoms with van der Waals surface area (Å²) in [6.45, 7) is 4.46. The molecule has 7 heteroatoms. The number of anilines is 1. The second-order valence-corrected chi connectivity index (χ2v) is 10.1. The van der Waals surface area contributed by atoms with Gasteiger partial charge in [-0.1, -0.05) is 42.5 Å². The molecule has 2 aliphatic rings. The first-order chi connectivity index (χ1) is 15.0. The number of rotatable bonds is 5. The maximum Gasteiger partial charge on any atom is 0.253 e. The van der Waals surface area contributed by atoms with Crippen molar-refractivity contribution >= 4 is 27.7 Å². The lowest BCUT2D eigenvalue weighted by atomic mass is 10.1. The van der Waals surface area contributed by atoms with Crippen molar-refractivity contribution < 1.29 is 13.2 Å². The maximum absolute atomic E-state index is 12.9. The normalized spacial score (nSPS) is 19.6. The number of amides is 1. The van der Waals surface area contributed by atoms with Crippen LogP contribution in [0.5, 0.6) is 0 Å². The summed E-state index contributed by atoms with van der Waals surface area (Å²) in [5.41, 5.74) is 2.44. The molecule has 4 rings (SSSR count). The monoisotopic (exact) mass is 439 g/mol. The van der Waals surface area contributed by atoms with E-state index in [9.17, 15) is 13.2 Å². The van der Waals surface area contributed by atoms with E-state index in [0.29, 0.717) is 37.3 Å². The van der Waals surface area contributed by atoms with Crippen LogP contribution in [0.15, 0.2) is 60.7 Å². The van der Waals surface area contributed by atoms with Gasteiger partial charge >= 0.3 is 0 Å². The second-order valence-electron chi connectivity index (χ2n) is 8.05. The fourth-order valence-corrected chi connectivity index (χ4v) is 5.71. The molecule has 0 unspecified atom stereocenters. The molecule has 0 N–H and O–H groups in total. The first-order valence-electron chi connectivity index (χ1n) is 10.9. The van der Waals surface area contributed by atoms with Gasteiger partial charge in [0.05, 0.1) is 11.4 Å². The molecule has 0 aromatic heterocycles. The van der Waals surface area contributed by atoms with E-state index >= 15 is 0 Å².